The van der Waals surface area contributed by atoms with Crippen LogP contribution in [-0.4, -0.2) is 32.2 Å². The summed E-state index contributed by atoms with van der Waals surface area (Å²) in [6.45, 7) is 0.0570. The summed E-state index contributed by atoms with van der Waals surface area (Å²) in [4.78, 5) is 21.2. The van der Waals surface area contributed by atoms with Crippen molar-refractivity contribution < 1.29 is 9.53 Å². The summed E-state index contributed by atoms with van der Waals surface area (Å²) < 4.78 is 8.91. The summed E-state index contributed by atoms with van der Waals surface area (Å²) >= 11 is 6.62. The standard InChI is InChI=1S/C18H15N5O2S2/c1-25-13-7-5-12(6-8-13)14-11-27-17(19-14)21-16(24)10-23-18(26)20-15-4-2-3-9-22(15)23/h2-9,11H,10H2,1H3,(H,19,21,24). The summed E-state index contributed by atoms with van der Waals surface area (Å²) in [6, 6.07) is 13.2. The van der Waals surface area contributed by atoms with E-state index in [-0.39, 0.29) is 12.5 Å². The van der Waals surface area contributed by atoms with Gasteiger partial charge in [-0.2, -0.15) is 4.98 Å². The molecule has 0 aliphatic heterocycles. The lowest BCUT2D eigenvalue weighted by atomic mass is 10.2. The maximum atomic E-state index is 12.4. The first kappa shape index (κ1) is 17.4. The van der Waals surface area contributed by atoms with E-state index in [1.54, 1.807) is 16.3 Å². The van der Waals surface area contributed by atoms with Crippen LogP contribution in [0.25, 0.3) is 16.9 Å². The second kappa shape index (κ2) is 7.29. The number of amides is 1. The third-order valence-electron chi connectivity index (χ3n) is 3.94. The lowest BCUT2D eigenvalue weighted by molar-refractivity contribution is -0.117. The van der Waals surface area contributed by atoms with E-state index < -0.39 is 0 Å². The topological polar surface area (TPSA) is 73.5 Å². The van der Waals surface area contributed by atoms with Gasteiger partial charge in [-0.25, -0.2) is 14.2 Å². The Morgan fingerprint density at radius 2 is 2.04 bits per heavy atom. The fraction of sp³-hybridized carbons (Fsp3) is 0.111. The number of benzene rings is 1. The molecule has 7 nitrogen and oxygen atoms in total. The monoisotopic (exact) mass is 397 g/mol. The van der Waals surface area contributed by atoms with Crippen LogP contribution in [0.3, 0.4) is 0 Å². The maximum Gasteiger partial charge on any atom is 0.247 e. The Labute approximate surface area is 163 Å². The van der Waals surface area contributed by atoms with Crippen LogP contribution in [0.15, 0.2) is 54.0 Å². The summed E-state index contributed by atoms with van der Waals surface area (Å²) in [6.07, 6.45) is 1.82. The molecule has 0 saturated heterocycles. The van der Waals surface area contributed by atoms with Crippen LogP contribution in [0, 0.1) is 4.77 Å². The van der Waals surface area contributed by atoms with Gasteiger partial charge in [-0.3, -0.25) is 4.79 Å². The zero-order valence-corrected chi connectivity index (χ0v) is 16.0. The van der Waals surface area contributed by atoms with Crippen LogP contribution in [0.5, 0.6) is 5.75 Å². The Morgan fingerprint density at radius 1 is 1.22 bits per heavy atom. The molecule has 0 fully saturated rings. The zero-order chi connectivity index (χ0) is 18.8. The van der Waals surface area contributed by atoms with Gasteiger partial charge in [0.15, 0.2) is 10.8 Å². The molecule has 0 aliphatic rings. The Hall–Kier alpha value is -3.04. The smallest absolute Gasteiger partial charge is 0.247 e. The van der Waals surface area contributed by atoms with Crippen LogP contribution < -0.4 is 10.1 Å². The third-order valence-corrected chi connectivity index (χ3v) is 5.00. The molecule has 0 radical (unpaired) electrons. The van der Waals surface area contributed by atoms with Gasteiger partial charge >= 0.3 is 0 Å². The summed E-state index contributed by atoms with van der Waals surface area (Å²) in [5.41, 5.74) is 2.45. The highest BCUT2D eigenvalue weighted by molar-refractivity contribution is 7.71. The highest BCUT2D eigenvalue weighted by Gasteiger charge is 2.11. The predicted octanol–water partition coefficient (Wildman–Crippen LogP) is 3.64. The molecule has 136 valence electrons. The third kappa shape index (κ3) is 3.60. The van der Waals surface area contributed by atoms with Crippen molar-refractivity contribution in [2.75, 3.05) is 12.4 Å². The molecular weight excluding hydrogens is 382 g/mol. The second-order valence-corrected chi connectivity index (χ2v) is 6.89. The van der Waals surface area contributed by atoms with Gasteiger partial charge in [-0.1, -0.05) is 6.07 Å². The number of methoxy groups -OCH3 is 1. The lowest BCUT2D eigenvalue weighted by Crippen LogP contribution is -2.21. The number of carbonyl (C=O) groups excluding carboxylic acids is 1. The molecule has 0 aliphatic carbocycles. The molecule has 0 spiro atoms. The molecule has 1 amide bonds. The summed E-state index contributed by atoms with van der Waals surface area (Å²) in [7, 11) is 1.63. The van der Waals surface area contributed by atoms with Crippen LogP contribution in [0.1, 0.15) is 0 Å². The van der Waals surface area contributed by atoms with Crippen molar-refractivity contribution >= 4 is 40.2 Å². The number of ether oxygens (including phenoxy) is 1. The van der Waals surface area contributed by atoms with E-state index in [2.05, 4.69) is 15.3 Å². The second-order valence-electron chi connectivity index (χ2n) is 5.67. The average molecular weight is 397 g/mol. The van der Waals surface area contributed by atoms with Gasteiger partial charge in [-0.15, -0.1) is 11.3 Å². The first-order chi connectivity index (χ1) is 13.1. The number of pyridine rings is 1. The summed E-state index contributed by atoms with van der Waals surface area (Å²) in [5.74, 6) is 0.569. The van der Waals surface area contributed by atoms with E-state index in [4.69, 9.17) is 17.0 Å². The number of nitrogens with zero attached hydrogens (tertiary/aromatic N) is 4. The number of nitrogens with one attached hydrogen (secondary N) is 1. The van der Waals surface area contributed by atoms with E-state index in [1.807, 2.05) is 54.0 Å². The first-order valence-corrected chi connectivity index (χ1v) is 9.37. The largest absolute Gasteiger partial charge is 0.497 e. The van der Waals surface area contributed by atoms with Crippen molar-refractivity contribution in [1.29, 1.82) is 0 Å². The number of thiazole rings is 1. The van der Waals surface area contributed by atoms with E-state index in [0.29, 0.717) is 15.5 Å². The van der Waals surface area contributed by atoms with E-state index in [0.717, 1.165) is 17.0 Å². The number of aromatic nitrogens is 4. The van der Waals surface area contributed by atoms with Gasteiger partial charge in [0.1, 0.15) is 12.3 Å². The minimum atomic E-state index is -0.215. The molecular formula is C18H15N5O2S2. The first-order valence-electron chi connectivity index (χ1n) is 8.08. The van der Waals surface area contributed by atoms with Crippen LogP contribution in [0.4, 0.5) is 5.13 Å². The molecule has 9 heteroatoms. The SMILES string of the molecule is COc1ccc(-c2csc(NC(=O)Cn3c(=S)nc4ccccn43)n2)cc1. The van der Waals surface area contributed by atoms with Crippen molar-refractivity contribution in [3.63, 3.8) is 0 Å². The molecule has 0 unspecified atom stereocenters. The van der Waals surface area contributed by atoms with Crippen LogP contribution in [0.2, 0.25) is 0 Å². The fourth-order valence-electron chi connectivity index (χ4n) is 2.63. The highest BCUT2D eigenvalue weighted by atomic mass is 32.1. The van der Waals surface area contributed by atoms with Crippen molar-refractivity contribution in [2.24, 2.45) is 0 Å². The van der Waals surface area contributed by atoms with Gasteiger partial charge in [0.05, 0.1) is 12.8 Å². The normalized spacial score (nSPS) is 10.9. The molecule has 0 bridgehead atoms. The van der Waals surface area contributed by atoms with Crippen molar-refractivity contribution in [2.45, 2.75) is 6.54 Å². The Bertz CT molecular complexity index is 1160. The van der Waals surface area contributed by atoms with Crippen molar-refractivity contribution in [3.05, 3.63) is 58.8 Å². The molecule has 4 rings (SSSR count). The Kier molecular flexibility index (Phi) is 4.69. The molecule has 0 atom stereocenters. The molecule has 1 aromatic carbocycles. The number of rotatable bonds is 5. The van der Waals surface area contributed by atoms with E-state index >= 15 is 0 Å². The molecule has 0 saturated carbocycles. The van der Waals surface area contributed by atoms with E-state index in [9.17, 15) is 4.79 Å². The van der Waals surface area contributed by atoms with Gasteiger partial charge in [0.2, 0.25) is 10.7 Å². The quantitative estimate of drug-likeness (QED) is 0.521. The average Bonchev–Trinajstić information content (AvgIpc) is 3.27. The number of fused-ring (bicyclic) bond motifs is 1. The number of carbonyl (C=O) groups is 1. The lowest BCUT2D eigenvalue weighted by Gasteiger charge is -2.05. The number of hydrogen-bond donors (Lipinski definition) is 1. The fourth-order valence-corrected chi connectivity index (χ4v) is 3.61. The Morgan fingerprint density at radius 3 is 2.81 bits per heavy atom. The minimum Gasteiger partial charge on any atom is -0.497 e. The van der Waals surface area contributed by atoms with E-state index in [1.165, 1.54) is 11.3 Å². The van der Waals surface area contributed by atoms with Crippen molar-refractivity contribution in [1.82, 2.24) is 19.2 Å². The van der Waals surface area contributed by atoms with Crippen LogP contribution in [-0.2, 0) is 11.3 Å². The molecule has 27 heavy (non-hydrogen) atoms. The van der Waals surface area contributed by atoms with Gasteiger partial charge in [0.25, 0.3) is 0 Å². The molecule has 4 aromatic rings. The van der Waals surface area contributed by atoms with Gasteiger partial charge in [-0.05, 0) is 48.6 Å². The van der Waals surface area contributed by atoms with Gasteiger partial charge < -0.3 is 10.1 Å². The predicted molar refractivity (Wildman–Crippen MR) is 107 cm³/mol. The minimum absolute atomic E-state index is 0.0570. The number of anilines is 1. The Balaban J connectivity index is 1.49. The molecule has 3 heterocycles. The van der Waals surface area contributed by atoms with Crippen molar-refractivity contribution in [3.8, 4) is 17.0 Å². The molecule has 1 N–H and O–H groups in total. The zero-order valence-electron chi connectivity index (χ0n) is 14.3. The van der Waals surface area contributed by atoms with Gasteiger partial charge in [0, 0.05) is 17.1 Å². The molecule has 3 aromatic heterocycles. The maximum absolute atomic E-state index is 12.4. The number of hydrogen-bond acceptors (Lipinski definition) is 6. The highest BCUT2D eigenvalue weighted by Crippen LogP contribution is 2.26. The summed E-state index contributed by atoms with van der Waals surface area (Å²) in [5, 5.41) is 5.25. The van der Waals surface area contributed by atoms with Crippen LogP contribution >= 0.6 is 23.6 Å².